The summed E-state index contributed by atoms with van der Waals surface area (Å²) in [5.41, 5.74) is 5.32. The van der Waals surface area contributed by atoms with Gasteiger partial charge in [-0.15, -0.1) is 23.1 Å². The third-order valence-electron chi connectivity index (χ3n) is 4.87. The fourth-order valence-electron chi connectivity index (χ4n) is 3.08. The molecule has 1 saturated heterocycles. The molecule has 0 radical (unpaired) electrons. The number of hydrogen-bond acceptors (Lipinski definition) is 12. The van der Waals surface area contributed by atoms with Crippen molar-refractivity contribution in [2.75, 3.05) is 24.7 Å². The number of ether oxygens (including phenoxy) is 1. The number of hydrogen-bond donors (Lipinski definition) is 4. The number of carbonyl (C=O) groups excluding carboxylic acids is 3. The number of esters is 1. The Morgan fingerprint density at radius 3 is 2.66 bits per heavy atom. The van der Waals surface area contributed by atoms with E-state index in [2.05, 4.69) is 15.5 Å². The van der Waals surface area contributed by atoms with Crippen molar-refractivity contribution in [2.24, 2.45) is 11.1 Å². The fraction of sp³-hybridized carbons (Fsp3) is 0.421. The number of aromatic nitrogens is 1. The number of oxime groups is 1. The molecule has 16 heteroatoms. The molecule has 35 heavy (non-hydrogen) atoms. The number of rotatable bonds is 10. The van der Waals surface area contributed by atoms with E-state index >= 15 is 0 Å². The first-order chi connectivity index (χ1) is 16.5. The van der Waals surface area contributed by atoms with Crippen LogP contribution in [0.4, 0.5) is 5.13 Å². The molecule has 14 nitrogen and oxygen atoms in total. The quantitative estimate of drug-likeness (QED) is 0.131. The molecular formula is C19H21N5O9S2. The summed E-state index contributed by atoms with van der Waals surface area (Å²) in [6, 6.07) is -1.07. The van der Waals surface area contributed by atoms with Crippen LogP contribution in [0.3, 0.4) is 0 Å². The molecule has 3 rings (SSSR count). The predicted molar refractivity (Wildman–Crippen MR) is 122 cm³/mol. The van der Waals surface area contributed by atoms with Gasteiger partial charge in [-0.3, -0.25) is 24.1 Å². The van der Waals surface area contributed by atoms with E-state index in [1.807, 2.05) is 0 Å². The SMILES string of the molecule is CC(=O)OCC1=C(C(=O)O)N2C(=O)C(NC(=O)C(=NOCC(C)C(=O)O)c3csc(N)n3)[C@@H]2SC1. The van der Waals surface area contributed by atoms with Crippen LogP contribution in [0.1, 0.15) is 19.5 Å². The Morgan fingerprint density at radius 1 is 1.37 bits per heavy atom. The molecule has 5 N–H and O–H groups in total. The summed E-state index contributed by atoms with van der Waals surface area (Å²) < 4.78 is 4.88. The van der Waals surface area contributed by atoms with Gasteiger partial charge in [-0.2, -0.15) is 0 Å². The lowest BCUT2D eigenvalue weighted by Gasteiger charge is -2.49. The van der Waals surface area contributed by atoms with Gasteiger partial charge in [0, 0.05) is 23.6 Å². The number of amides is 2. The van der Waals surface area contributed by atoms with Gasteiger partial charge in [0.15, 0.2) is 10.8 Å². The molecule has 2 aliphatic rings. The van der Waals surface area contributed by atoms with Gasteiger partial charge >= 0.3 is 17.9 Å². The van der Waals surface area contributed by atoms with E-state index in [0.29, 0.717) is 0 Å². The van der Waals surface area contributed by atoms with Crippen LogP contribution in [0.25, 0.3) is 0 Å². The molecule has 3 heterocycles. The number of thioether (sulfide) groups is 1. The maximum Gasteiger partial charge on any atom is 0.352 e. The first kappa shape index (κ1) is 26.0. The number of fused-ring (bicyclic) bond motifs is 1. The van der Waals surface area contributed by atoms with Gasteiger partial charge in [-0.05, 0) is 6.92 Å². The predicted octanol–water partition coefficient (Wildman–Crippen LogP) is -0.532. The van der Waals surface area contributed by atoms with Gasteiger partial charge in [-0.25, -0.2) is 9.78 Å². The normalized spacial score (nSPS) is 20.5. The third-order valence-corrected chi connectivity index (χ3v) is 6.88. The Balaban J connectivity index is 1.77. The average molecular weight is 528 g/mol. The summed E-state index contributed by atoms with van der Waals surface area (Å²) in [5.74, 6) is -5.33. The Labute approximate surface area is 206 Å². The number of carboxylic acid groups (broad SMARTS) is 2. The summed E-state index contributed by atoms with van der Waals surface area (Å²) in [6.07, 6.45) is 0. The zero-order valence-electron chi connectivity index (χ0n) is 18.4. The van der Waals surface area contributed by atoms with Gasteiger partial charge in [0.25, 0.3) is 11.8 Å². The molecule has 0 spiro atoms. The first-order valence-corrected chi connectivity index (χ1v) is 11.9. The third kappa shape index (κ3) is 5.71. The summed E-state index contributed by atoms with van der Waals surface area (Å²) in [7, 11) is 0. The van der Waals surface area contributed by atoms with Crippen LogP contribution in [0.15, 0.2) is 21.8 Å². The van der Waals surface area contributed by atoms with Gasteiger partial charge < -0.3 is 30.8 Å². The Morgan fingerprint density at radius 2 is 2.09 bits per heavy atom. The van der Waals surface area contributed by atoms with E-state index < -0.39 is 47.1 Å². The van der Waals surface area contributed by atoms with Crippen LogP contribution in [-0.2, 0) is 33.5 Å². The topological polar surface area (TPSA) is 211 Å². The highest BCUT2D eigenvalue weighted by molar-refractivity contribution is 8.00. The second-order valence-corrected chi connectivity index (χ2v) is 9.44. The number of aliphatic carboxylic acids is 2. The van der Waals surface area contributed by atoms with Crippen molar-refractivity contribution in [1.82, 2.24) is 15.2 Å². The minimum absolute atomic E-state index is 0.0580. The number of nitrogens with two attached hydrogens (primary N) is 1. The maximum absolute atomic E-state index is 13.0. The Hall–Kier alpha value is -3.66. The van der Waals surface area contributed by atoms with Crippen molar-refractivity contribution in [2.45, 2.75) is 25.3 Å². The van der Waals surface area contributed by atoms with E-state index in [1.54, 1.807) is 0 Å². The number of nitrogen functional groups attached to an aromatic ring is 1. The second-order valence-electron chi connectivity index (χ2n) is 7.44. The van der Waals surface area contributed by atoms with E-state index in [9.17, 15) is 29.1 Å². The molecule has 2 aliphatic heterocycles. The number of carbonyl (C=O) groups is 5. The van der Waals surface area contributed by atoms with Crippen LogP contribution in [0.2, 0.25) is 0 Å². The van der Waals surface area contributed by atoms with Gasteiger partial charge in [0.05, 0.1) is 5.92 Å². The lowest BCUT2D eigenvalue weighted by molar-refractivity contribution is -0.150. The first-order valence-electron chi connectivity index (χ1n) is 9.99. The van der Waals surface area contributed by atoms with Crippen molar-refractivity contribution in [3.63, 3.8) is 0 Å². The highest BCUT2D eigenvalue weighted by Gasteiger charge is 2.54. The Bertz CT molecular complexity index is 1130. The van der Waals surface area contributed by atoms with Crippen LogP contribution < -0.4 is 11.1 Å². The molecule has 2 unspecified atom stereocenters. The molecule has 188 valence electrons. The molecule has 1 aromatic rings. The summed E-state index contributed by atoms with van der Waals surface area (Å²) in [4.78, 5) is 69.7. The van der Waals surface area contributed by atoms with Gasteiger partial charge in [-0.1, -0.05) is 5.16 Å². The van der Waals surface area contributed by atoms with Crippen LogP contribution in [-0.4, -0.2) is 85.9 Å². The number of nitrogens with zero attached hydrogens (tertiary/aromatic N) is 3. The molecule has 2 amide bonds. The van der Waals surface area contributed by atoms with Crippen molar-refractivity contribution < 1.29 is 43.8 Å². The monoisotopic (exact) mass is 527 g/mol. The lowest BCUT2D eigenvalue weighted by atomic mass is 10.0. The summed E-state index contributed by atoms with van der Waals surface area (Å²) in [6.45, 7) is 1.98. The number of carboxylic acids is 2. The second kappa shape index (κ2) is 10.7. The van der Waals surface area contributed by atoms with Crippen molar-refractivity contribution >= 4 is 63.7 Å². The number of anilines is 1. The van der Waals surface area contributed by atoms with Crippen molar-refractivity contribution in [1.29, 1.82) is 0 Å². The zero-order chi connectivity index (χ0) is 25.9. The number of β-lactam (4-membered cyclic amide) rings is 1. The van der Waals surface area contributed by atoms with Crippen molar-refractivity contribution in [3.05, 3.63) is 22.3 Å². The highest BCUT2D eigenvalue weighted by Crippen LogP contribution is 2.40. The Kier molecular flexibility index (Phi) is 7.96. The number of nitrogens with one attached hydrogen (secondary N) is 1. The largest absolute Gasteiger partial charge is 0.481 e. The smallest absolute Gasteiger partial charge is 0.352 e. The van der Waals surface area contributed by atoms with Crippen molar-refractivity contribution in [3.8, 4) is 0 Å². The molecule has 0 aliphatic carbocycles. The molecule has 0 saturated carbocycles. The molecule has 0 bridgehead atoms. The maximum atomic E-state index is 13.0. The van der Waals surface area contributed by atoms with Crippen LogP contribution in [0.5, 0.6) is 0 Å². The molecule has 3 atom stereocenters. The standard InChI is InChI=1S/C19H21N5O9S2/c1-7(17(28)29)3-33-23-11(10-6-35-19(20)21-10)14(26)22-12-15(27)24-13(18(30)31)9(4-32-8(2)25)5-34-16(12)24/h6-7,12,16H,3-5H2,1-2H3,(H2,20,21)(H,22,26)(H,28,29)(H,30,31)/t7?,12?,16-/m0/s1. The zero-order valence-corrected chi connectivity index (χ0v) is 20.1. The van der Waals surface area contributed by atoms with Crippen LogP contribution in [0, 0.1) is 5.92 Å². The van der Waals surface area contributed by atoms with Gasteiger partial charge in [0.2, 0.25) is 0 Å². The number of thiazole rings is 1. The minimum Gasteiger partial charge on any atom is -0.481 e. The van der Waals surface area contributed by atoms with E-state index in [4.69, 9.17) is 20.4 Å². The van der Waals surface area contributed by atoms with E-state index in [1.165, 1.54) is 31.0 Å². The average Bonchev–Trinajstić information content (AvgIpc) is 3.23. The summed E-state index contributed by atoms with van der Waals surface area (Å²) >= 11 is 2.22. The van der Waals surface area contributed by atoms with E-state index in [-0.39, 0.29) is 46.8 Å². The highest BCUT2D eigenvalue weighted by atomic mass is 32.2. The minimum atomic E-state index is -1.36. The molecule has 1 fully saturated rings. The van der Waals surface area contributed by atoms with Crippen LogP contribution >= 0.6 is 23.1 Å². The molecule has 0 aromatic carbocycles. The molecular weight excluding hydrogens is 506 g/mol. The van der Waals surface area contributed by atoms with E-state index in [0.717, 1.165) is 16.2 Å². The summed E-state index contributed by atoms with van der Waals surface area (Å²) in [5, 5.41) is 25.7. The lowest BCUT2D eigenvalue weighted by Crippen LogP contribution is -2.71. The van der Waals surface area contributed by atoms with Gasteiger partial charge in [0.1, 0.15) is 36.0 Å². The molecule has 1 aromatic heterocycles. The fourth-order valence-corrected chi connectivity index (χ4v) is 4.95.